The van der Waals surface area contributed by atoms with Crippen LogP contribution in [0.15, 0.2) is 67.0 Å². The van der Waals surface area contributed by atoms with Gasteiger partial charge in [0, 0.05) is 25.0 Å². The van der Waals surface area contributed by atoms with Crippen molar-refractivity contribution in [3.05, 3.63) is 109 Å². The van der Waals surface area contributed by atoms with Crippen molar-refractivity contribution < 1.29 is 5.76 Å². The molecule has 0 aliphatic heterocycles. The van der Waals surface area contributed by atoms with E-state index in [2.05, 4.69) is 49.3 Å². The predicted molar refractivity (Wildman–Crippen MR) is 159 cm³/mol. The molecule has 1 aliphatic carbocycles. The molecular weight excluding hydrogens is 649 g/mol. The normalized spacial score (nSPS) is 15.0. The van der Waals surface area contributed by atoms with Crippen LogP contribution in [-0.2, 0) is 6.42 Å². The molecule has 2 heterocycles. The smallest absolute Gasteiger partial charge is 0.123 e. The van der Waals surface area contributed by atoms with Gasteiger partial charge in [-0.25, -0.2) is 9.07 Å². The van der Waals surface area contributed by atoms with E-state index in [0.29, 0.717) is 49.5 Å². The molecule has 1 aliphatic rings. The maximum absolute atomic E-state index is 13.8. The van der Waals surface area contributed by atoms with E-state index < -0.39 is 5.89 Å². The molecule has 6 rings (SSSR count). The molecule has 0 spiro atoms. The second-order valence-electron chi connectivity index (χ2n) is 9.34. The van der Waals surface area contributed by atoms with Gasteiger partial charge in [-0.15, -0.1) is 5.10 Å². The van der Waals surface area contributed by atoms with E-state index in [0.717, 1.165) is 27.7 Å². The van der Waals surface area contributed by atoms with Crippen LogP contribution in [0.5, 0.6) is 0 Å². The van der Waals surface area contributed by atoms with Gasteiger partial charge in [-0.2, -0.15) is 5.26 Å². The maximum atomic E-state index is 13.8. The molecule has 1 N–H and O–H groups in total. The highest BCUT2D eigenvalue weighted by Crippen LogP contribution is 2.38. The van der Waals surface area contributed by atoms with E-state index in [-0.39, 0.29) is 12.2 Å². The average molecular weight is 670 g/mol. The minimum absolute atomic E-state index is 0.169. The molecule has 0 amide bonds. The number of nitrogens with one attached hydrogen (secondary N) is 1. The first kappa shape index (κ1) is 24.8. The number of hydrogen-bond acceptors (Lipinski definition) is 5. The third kappa shape index (κ3) is 5.31. The molecule has 0 bridgehead atoms. The van der Waals surface area contributed by atoms with E-state index in [9.17, 15) is 11.0 Å². The molecule has 39 heavy (non-hydrogen) atoms. The summed E-state index contributed by atoms with van der Waals surface area (Å²) >= 11 is 15.2. The fraction of sp³-hybridized carbons (Fsp3) is 0.172. The summed E-state index contributed by atoms with van der Waals surface area (Å²) in [4.78, 5) is 4.45. The van der Waals surface area contributed by atoms with Crippen LogP contribution in [0, 0.1) is 20.7 Å². The molecule has 6 nitrogen and oxygen atoms in total. The van der Waals surface area contributed by atoms with Gasteiger partial charge in [0.05, 0.1) is 47.8 Å². The minimum atomic E-state index is -1.38. The Morgan fingerprint density at radius 3 is 2.72 bits per heavy atom. The first-order valence-electron chi connectivity index (χ1n) is 12.7. The summed E-state index contributed by atoms with van der Waals surface area (Å²) in [6.07, 6.45) is 5.51. The molecule has 1 saturated carbocycles. The topological polar surface area (TPSA) is 79.4 Å². The molecule has 2 aromatic heterocycles. The van der Waals surface area contributed by atoms with Crippen molar-refractivity contribution >= 4 is 68.1 Å². The molecule has 1 atom stereocenters. The standard InChI is InChI=1S/C29H20Cl2FIN6/c30-23-2-1-3-25(27(23)33)36-28-18(13-34)14-35-29-22(28)11-16(12-24(29)31)10-21(17-4-6-19(32)7-5-17)26-15-39(38-37-26)20-8-9-20/h1-7,11-12,14-15,20-21H,8-10H2,(H,35,36)/t21-/m1/s1/i21D. The van der Waals surface area contributed by atoms with Gasteiger partial charge < -0.3 is 5.32 Å². The van der Waals surface area contributed by atoms with Crippen molar-refractivity contribution in [2.75, 3.05) is 5.32 Å². The average Bonchev–Trinajstić information content (AvgIpc) is 3.67. The predicted octanol–water partition coefficient (Wildman–Crippen LogP) is 8.20. The fourth-order valence-corrected chi connectivity index (χ4v) is 5.46. The first-order chi connectivity index (χ1) is 19.3. The van der Waals surface area contributed by atoms with Gasteiger partial charge in [0.2, 0.25) is 0 Å². The summed E-state index contributed by atoms with van der Waals surface area (Å²) in [5.41, 5.74) is 3.87. The fourth-order valence-electron chi connectivity index (χ4n) is 4.50. The first-order valence-corrected chi connectivity index (χ1v) is 14.0. The lowest BCUT2D eigenvalue weighted by Gasteiger charge is -2.18. The molecule has 194 valence electrons. The van der Waals surface area contributed by atoms with Crippen molar-refractivity contribution in [2.24, 2.45) is 0 Å². The number of benzene rings is 3. The van der Waals surface area contributed by atoms with Crippen LogP contribution in [0.3, 0.4) is 0 Å². The summed E-state index contributed by atoms with van der Waals surface area (Å²) in [5.74, 6) is -1.77. The highest BCUT2D eigenvalue weighted by atomic mass is 127. The Kier molecular flexibility index (Phi) is 6.80. The number of hydrogen-bond donors (Lipinski definition) is 1. The van der Waals surface area contributed by atoms with Crippen LogP contribution in [0.2, 0.25) is 10.0 Å². The number of halogens is 4. The summed E-state index contributed by atoms with van der Waals surface area (Å²) < 4.78 is 26.1. The molecule has 3 aromatic carbocycles. The minimum Gasteiger partial charge on any atom is -0.353 e. The highest BCUT2D eigenvalue weighted by Gasteiger charge is 2.27. The number of anilines is 2. The summed E-state index contributed by atoms with van der Waals surface area (Å²) in [5, 5.41) is 23.5. The van der Waals surface area contributed by atoms with E-state index in [1.54, 1.807) is 35.1 Å². The molecule has 0 radical (unpaired) electrons. The number of rotatable bonds is 7. The second kappa shape index (κ2) is 10.7. The number of nitrogens with zero attached hydrogens (tertiary/aromatic N) is 5. The Balaban J connectivity index is 1.48. The number of nitriles is 1. The zero-order chi connectivity index (χ0) is 28.0. The SMILES string of the molecule is [2H][C@@](Cc1cc(Cl)c2ncc(C#N)c(Nc3cccc(Cl)c3I)c2c1)(c1ccc(F)cc1)c1cn(C2CC2)nn1. The van der Waals surface area contributed by atoms with Crippen molar-refractivity contribution in [3.8, 4) is 6.07 Å². The van der Waals surface area contributed by atoms with Gasteiger partial charge in [-0.05, 0) is 89.4 Å². The third-order valence-electron chi connectivity index (χ3n) is 6.63. The van der Waals surface area contributed by atoms with Crippen LogP contribution in [0.1, 0.15) is 48.5 Å². The molecule has 0 saturated heterocycles. The van der Waals surface area contributed by atoms with Crippen molar-refractivity contribution in [1.82, 2.24) is 20.0 Å². The maximum Gasteiger partial charge on any atom is 0.123 e. The zero-order valence-electron chi connectivity index (χ0n) is 21.3. The number of fused-ring (bicyclic) bond motifs is 1. The van der Waals surface area contributed by atoms with Gasteiger partial charge in [0.15, 0.2) is 0 Å². The summed E-state index contributed by atoms with van der Waals surface area (Å²) in [6, 6.07) is 17.5. The van der Waals surface area contributed by atoms with Crippen LogP contribution in [0.25, 0.3) is 10.9 Å². The molecule has 10 heteroatoms. The van der Waals surface area contributed by atoms with Crippen LogP contribution >= 0.6 is 45.8 Å². The summed E-state index contributed by atoms with van der Waals surface area (Å²) in [7, 11) is 0. The van der Waals surface area contributed by atoms with Gasteiger partial charge in [-0.1, -0.05) is 46.6 Å². The van der Waals surface area contributed by atoms with Crippen molar-refractivity contribution in [2.45, 2.75) is 31.2 Å². The largest absolute Gasteiger partial charge is 0.353 e. The lowest BCUT2D eigenvalue weighted by atomic mass is 9.89. The molecule has 1 fully saturated rings. The second-order valence-corrected chi connectivity index (χ2v) is 11.2. The number of aromatic nitrogens is 4. The lowest BCUT2D eigenvalue weighted by Crippen LogP contribution is -2.07. The Hall–Kier alpha value is -3.26. The van der Waals surface area contributed by atoms with E-state index in [1.165, 1.54) is 18.3 Å². The van der Waals surface area contributed by atoms with Gasteiger partial charge in [0.25, 0.3) is 0 Å². The van der Waals surface area contributed by atoms with E-state index in [4.69, 9.17) is 23.2 Å². The van der Waals surface area contributed by atoms with Crippen molar-refractivity contribution in [1.29, 1.82) is 5.26 Å². The Morgan fingerprint density at radius 2 is 1.97 bits per heavy atom. The van der Waals surface area contributed by atoms with Crippen molar-refractivity contribution in [3.63, 3.8) is 0 Å². The Bertz CT molecular complexity index is 1800. The number of pyridine rings is 1. The van der Waals surface area contributed by atoms with E-state index >= 15 is 0 Å². The van der Waals surface area contributed by atoms with Crippen LogP contribution < -0.4 is 5.32 Å². The zero-order valence-corrected chi connectivity index (χ0v) is 24.0. The van der Waals surface area contributed by atoms with E-state index in [1.807, 2.05) is 18.2 Å². The molecule has 0 unspecified atom stereocenters. The monoisotopic (exact) mass is 669 g/mol. The Labute approximate surface area is 249 Å². The van der Waals surface area contributed by atoms with Gasteiger partial charge in [0.1, 0.15) is 11.9 Å². The van der Waals surface area contributed by atoms with Crippen LogP contribution in [0.4, 0.5) is 15.8 Å². The van der Waals surface area contributed by atoms with Gasteiger partial charge >= 0.3 is 0 Å². The third-order valence-corrected chi connectivity index (χ3v) is 8.71. The highest BCUT2D eigenvalue weighted by molar-refractivity contribution is 14.1. The molecule has 5 aromatic rings. The Morgan fingerprint density at radius 1 is 1.18 bits per heavy atom. The lowest BCUT2D eigenvalue weighted by molar-refractivity contribution is 0.610. The van der Waals surface area contributed by atoms with Gasteiger partial charge in [-0.3, -0.25) is 4.98 Å². The molecular formula is C29H20Cl2FIN6. The van der Waals surface area contributed by atoms with Crippen LogP contribution in [-0.4, -0.2) is 20.0 Å². The summed E-state index contributed by atoms with van der Waals surface area (Å²) in [6.45, 7) is 0. The quantitative estimate of drug-likeness (QED) is 0.177.